The lowest BCUT2D eigenvalue weighted by molar-refractivity contribution is 0.245. The van der Waals surface area contributed by atoms with E-state index in [1.165, 1.54) is 19.3 Å². The van der Waals surface area contributed by atoms with Crippen LogP contribution in [0.1, 0.15) is 32.6 Å². The molecule has 0 aromatic heterocycles. The maximum absolute atomic E-state index is 8.72. The van der Waals surface area contributed by atoms with E-state index in [1.54, 1.807) is 11.2 Å². The Morgan fingerprint density at radius 1 is 1.50 bits per heavy atom. The third-order valence-corrected chi connectivity index (χ3v) is 3.40. The van der Waals surface area contributed by atoms with E-state index in [9.17, 15) is 0 Å². The average Bonchev–Trinajstić information content (AvgIpc) is 2.55. The summed E-state index contributed by atoms with van der Waals surface area (Å²) in [5, 5.41) is 14.8. The molecule has 1 rings (SSSR count). The molecule has 1 aliphatic heterocycles. The number of halogens is 1. The quantitative estimate of drug-likeness (QED) is 0.257. The lowest BCUT2D eigenvalue weighted by Crippen LogP contribution is -2.31. The van der Waals surface area contributed by atoms with Gasteiger partial charge in [-0.25, -0.2) is 4.90 Å². The van der Waals surface area contributed by atoms with Crippen molar-refractivity contribution in [3.8, 4) is 6.19 Å². The minimum absolute atomic E-state index is 0.0687. The van der Waals surface area contributed by atoms with Crippen molar-refractivity contribution in [1.82, 2.24) is 9.91 Å². The van der Waals surface area contributed by atoms with Gasteiger partial charge in [0.05, 0.1) is 0 Å². The number of hydrazone groups is 1. The minimum atomic E-state index is 0.0687. The molecule has 1 unspecified atom stereocenters. The van der Waals surface area contributed by atoms with Crippen LogP contribution >= 0.6 is 22.6 Å². The SMILES string of the molecule is CCCCCCN1N=CN(C#N)C1I. The number of hydrogen-bond acceptors (Lipinski definition) is 4. The monoisotopic (exact) mass is 306 g/mol. The van der Waals surface area contributed by atoms with Gasteiger partial charge in [0.1, 0.15) is 6.34 Å². The Morgan fingerprint density at radius 2 is 2.29 bits per heavy atom. The molecule has 0 aromatic rings. The molecule has 78 valence electrons. The van der Waals surface area contributed by atoms with Gasteiger partial charge in [-0.1, -0.05) is 26.2 Å². The normalized spacial score (nSPS) is 20.2. The van der Waals surface area contributed by atoms with Gasteiger partial charge in [-0.15, -0.1) is 0 Å². The molecule has 0 aliphatic carbocycles. The van der Waals surface area contributed by atoms with Gasteiger partial charge in [0.25, 0.3) is 0 Å². The number of nitrogens with zero attached hydrogens (tertiary/aromatic N) is 4. The van der Waals surface area contributed by atoms with E-state index in [0.29, 0.717) is 0 Å². The summed E-state index contributed by atoms with van der Waals surface area (Å²) < 4.78 is 0.0687. The first-order valence-corrected chi connectivity index (χ1v) is 6.17. The van der Waals surface area contributed by atoms with Crippen LogP contribution < -0.4 is 0 Å². The third-order valence-electron chi connectivity index (χ3n) is 2.16. The summed E-state index contributed by atoms with van der Waals surface area (Å²) >= 11 is 2.22. The van der Waals surface area contributed by atoms with E-state index >= 15 is 0 Å². The molecule has 1 atom stereocenters. The fourth-order valence-electron chi connectivity index (χ4n) is 1.31. The first-order chi connectivity index (χ1) is 6.79. The fourth-order valence-corrected chi connectivity index (χ4v) is 2.00. The molecule has 1 heterocycles. The average molecular weight is 306 g/mol. The largest absolute Gasteiger partial charge is 0.263 e. The molecule has 0 saturated carbocycles. The molecule has 0 radical (unpaired) electrons. The van der Waals surface area contributed by atoms with Crippen LogP contribution in [0.15, 0.2) is 5.10 Å². The fraction of sp³-hybridized carbons (Fsp3) is 0.778. The Labute approximate surface area is 98.7 Å². The molecule has 0 spiro atoms. The zero-order valence-electron chi connectivity index (χ0n) is 8.36. The van der Waals surface area contributed by atoms with E-state index in [1.807, 2.05) is 5.01 Å². The second-order valence-corrected chi connectivity index (χ2v) is 4.39. The topological polar surface area (TPSA) is 42.6 Å². The molecule has 0 N–H and O–H groups in total. The van der Waals surface area contributed by atoms with Crippen molar-refractivity contribution in [1.29, 1.82) is 5.26 Å². The van der Waals surface area contributed by atoms with Gasteiger partial charge < -0.3 is 0 Å². The van der Waals surface area contributed by atoms with Crippen LogP contribution in [0.5, 0.6) is 0 Å². The molecule has 5 heteroatoms. The summed E-state index contributed by atoms with van der Waals surface area (Å²) in [7, 11) is 0. The standard InChI is InChI=1S/C9H15IN4/c1-2-3-4-5-6-14-9(10)13(7-11)8-12-14/h8-9H,2-6H2,1H3. The number of nitriles is 1. The highest BCUT2D eigenvalue weighted by atomic mass is 127. The van der Waals surface area contributed by atoms with Gasteiger partial charge in [0, 0.05) is 6.54 Å². The van der Waals surface area contributed by atoms with Gasteiger partial charge in [-0.05, 0) is 29.0 Å². The second kappa shape index (κ2) is 6.06. The Bertz CT molecular complexity index is 235. The predicted molar refractivity (Wildman–Crippen MR) is 64.6 cm³/mol. The Kier molecular flexibility index (Phi) is 5.01. The lowest BCUT2D eigenvalue weighted by atomic mass is 10.2. The number of hydrogen-bond donors (Lipinski definition) is 0. The van der Waals surface area contributed by atoms with Crippen LogP contribution in [0.25, 0.3) is 0 Å². The molecule has 1 aliphatic rings. The number of rotatable bonds is 5. The minimum Gasteiger partial charge on any atom is -0.263 e. The molecule has 0 amide bonds. The summed E-state index contributed by atoms with van der Waals surface area (Å²) in [6.07, 6.45) is 8.61. The Morgan fingerprint density at radius 3 is 2.86 bits per heavy atom. The van der Waals surface area contributed by atoms with Gasteiger partial charge in [0.2, 0.25) is 0 Å². The van der Waals surface area contributed by atoms with Crippen LogP contribution in [-0.2, 0) is 0 Å². The Balaban J connectivity index is 2.21. The first kappa shape index (κ1) is 11.6. The van der Waals surface area contributed by atoms with E-state index < -0.39 is 0 Å². The molecule has 0 saturated heterocycles. The van der Waals surface area contributed by atoms with Crippen molar-refractivity contribution in [3.63, 3.8) is 0 Å². The summed E-state index contributed by atoms with van der Waals surface area (Å²) in [4.78, 5) is 1.56. The van der Waals surface area contributed by atoms with E-state index in [0.717, 1.165) is 13.0 Å². The number of unbranched alkanes of at least 4 members (excludes halogenated alkanes) is 3. The van der Waals surface area contributed by atoms with Crippen LogP contribution in [0, 0.1) is 11.5 Å². The predicted octanol–water partition coefficient (Wildman–Crippen LogP) is 2.33. The zero-order valence-corrected chi connectivity index (χ0v) is 10.5. The highest BCUT2D eigenvalue weighted by molar-refractivity contribution is 14.1. The van der Waals surface area contributed by atoms with Crippen molar-refractivity contribution in [3.05, 3.63) is 0 Å². The molecular formula is C9H15IN4. The molecule has 14 heavy (non-hydrogen) atoms. The molecule has 0 fully saturated rings. The Hall–Kier alpha value is -0.510. The van der Waals surface area contributed by atoms with Crippen LogP contribution in [0.4, 0.5) is 0 Å². The van der Waals surface area contributed by atoms with Crippen LogP contribution in [0.3, 0.4) is 0 Å². The molecule has 0 aromatic carbocycles. The zero-order chi connectivity index (χ0) is 10.4. The highest BCUT2D eigenvalue weighted by Gasteiger charge is 2.23. The third kappa shape index (κ3) is 3.01. The van der Waals surface area contributed by atoms with E-state index in [-0.39, 0.29) is 4.17 Å². The van der Waals surface area contributed by atoms with Crippen molar-refractivity contribution < 1.29 is 0 Å². The van der Waals surface area contributed by atoms with Gasteiger partial charge >= 0.3 is 0 Å². The van der Waals surface area contributed by atoms with Crippen LogP contribution in [0.2, 0.25) is 0 Å². The summed E-state index contributed by atoms with van der Waals surface area (Å²) in [5.41, 5.74) is 0. The lowest BCUT2D eigenvalue weighted by Gasteiger charge is -2.20. The highest BCUT2D eigenvalue weighted by Crippen LogP contribution is 2.18. The first-order valence-electron chi connectivity index (χ1n) is 4.92. The summed E-state index contributed by atoms with van der Waals surface area (Å²) in [5.74, 6) is 0. The maximum atomic E-state index is 8.72. The van der Waals surface area contributed by atoms with Gasteiger partial charge in [-0.2, -0.15) is 10.4 Å². The summed E-state index contributed by atoms with van der Waals surface area (Å²) in [6, 6.07) is 0. The van der Waals surface area contributed by atoms with Gasteiger partial charge in [0.15, 0.2) is 10.4 Å². The van der Waals surface area contributed by atoms with Crippen molar-refractivity contribution >= 4 is 28.9 Å². The molecule has 4 nitrogen and oxygen atoms in total. The van der Waals surface area contributed by atoms with E-state index in [4.69, 9.17) is 5.26 Å². The smallest absolute Gasteiger partial charge is 0.187 e. The molecular weight excluding hydrogens is 291 g/mol. The van der Waals surface area contributed by atoms with Crippen molar-refractivity contribution in [2.75, 3.05) is 6.54 Å². The van der Waals surface area contributed by atoms with Gasteiger partial charge in [-0.3, -0.25) is 5.01 Å². The summed E-state index contributed by atoms with van der Waals surface area (Å²) in [6.45, 7) is 3.15. The maximum Gasteiger partial charge on any atom is 0.187 e. The number of alkyl halides is 1. The van der Waals surface area contributed by atoms with Crippen molar-refractivity contribution in [2.24, 2.45) is 5.10 Å². The van der Waals surface area contributed by atoms with E-state index in [2.05, 4.69) is 40.8 Å². The molecule has 0 bridgehead atoms. The van der Waals surface area contributed by atoms with Crippen LogP contribution in [-0.4, -0.2) is 27.0 Å². The second-order valence-electron chi connectivity index (χ2n) is 3.27. The van der Waals surface area contributed by atoms with Crippen molar-refractivity contribution in [2.45, 2.75) is 36.8 Å².